The Morgan fingerprint density at radius 1 is 1.29 bits per heavy atom. The van der Waals surface area contributed by atoms with Crippen LogP contribution < -0.4 is 11.1 Å². The molecule has 1 aliphatic rings. The molecular formula is C18H16ClFN8. The lowest BCUT2D eigenvalue weighted by molar-refractivity contribution is 0.602. The summed E-state index contributed by atoms with van der Waals surface area (Å²) < 4.78 is 15.0. The SMILES string of the molecule is Nc1nc(Cc2ccc3[nH]cnc3c2Cl)c(F)c(Nc2cc(C3CC3)[nH]n2)n1. The van der Waals surface area contributed by atoms with Gasteiger partial charge in [0.25, 0.3) is 0 Å². The lowest BCUT2D eigenvalue weighted by atomic mass is 10.1. The molecule has 142 valence electrons. The van der Waals surface area contributed by atoms with Gasteiger partial charge < -0.3 is 16.0 Å². The van der Waals surface area contributed by atoms with Crippen molar-refractivity contribution in [3.8, 4) is 0 Å². The van der Waals surface area contributed by atoms with Crippen molar-refractivity contribution >= 4 is 40.2 Å². The molecule has 3 aromatic heterocycles. The molecule has 8 nitrogen and oxygen atoms in total. The van der Waals surface area contributed by atoms with Crippen LogP contribution in [0.25, 0.3) is 11.0 Å². The van der Waals surface area contributed by atoms with Gasteiger partial charge in [-0.25, -0.2) is 14.4 Å². The minimum Gasteiger partial charge on any atom is -0.368 e. The van der Waals surface area contributed by atoms with E-state index in [-0.39, 0.29) is 23.9 Å². The first-order chi connectivity index (χ1) is 13.6. The van der Waals surface area contributed by atoms with Gasteiger partial charge in [-0.05, 0) is 24.5 Å². The number of nitrogens with two attached hydrogens (primary N) is 1. The largest absolute Gasteiger partial charge is 0.368 e. The average Bonchev–Trinajstić information content (AvgIpc) is 3.22. The van der Waals surface area contributed by atoms with E-state index in [0.717, 1.165) is 24.1 Å². The molecule has 1 saturated carbocycles. The molecule has 0 unspecified atom stereocenters. The fourth-order valence-corrected chi connectivity index (χ4v) is 3.45. The molecule has 0 amide bonds. The lowest BCUT2D eigenvalue weighted by Crippen LogP contribution is -2.08. The van der Waals surface area contributed by atoms with Crippen LogP contribution in [0, 0.1) is 5.82 Å². The zero-order chi connectivity index (χ0) is 19.3. The molecule has 1 aliphatic carbocycles. The molecule has 0 bridgehead atoms. The smallest absolute Gasteiger partial charge is 0.222 e. The summed E-state index contributed by atoms with van der Waals surface area (Å²) >= 11 is 6.42. The van der Waals surface area contributed by atoms with E-state index >= 15 is 4.39 Å². The standard InChI is InChI=1S/C18H16ClFN8/c19-14-9(3-4-10-16(14)23-7-22-10)5-12-15(20)17(26-18(21)24-12)25-13-6-11(27-28-13)8-1-2-8/h3-4,6-8H,1-2,5H2,(H,22,23)(H4,21,24,25,26,27,28). The highest BCUT2D eigenvalue weighted by Gasteiger charge is 2.26. The molecule has 28 heavy (non-hydrogen) atoms. The Labute approximate surface area is 163 Å². The summed E-state index contributed by atoms with van der Waals surface area (Å²) in [6, 6.07) is 5.51. The van der Waals surface area contributed by atoms with Crippen LogP contribution in [0.15, 0.2) is 24.5 Å². The van der Waals surface area contributed by atoms with Crippen LogP contribution in [0.5, 0.6) is 0 Å². The Morgan fingerprint density at radius 2 is 2.14 bits per heavy atom. The monoisotopic (exact) mass is 398 g/mol. The van der Waals surface area contributed by atoms with E-state index in [0.29, 0.717) is 27.8 Å². The van der Waals surface area contributed by atoms with Crippen molar-refractivity contribution in [2.24, 2.45) is 0 Å². The first-order valence-electron chi connectivity index (χ1n) is 8.83. The predicted octanol–water partition coefficient (Wildman–Crippen LogP) is 3.66. The molecule has 1 aromatic carbocycles. The third kappa shape index (κ3) is 3.03. The van der Waals surface area contributed by atoms with E-state index < -0.39 is 5.82 Å². The molecule has 3 heterocycles. The maximum atomic E-state index is 15.0. The number of benzene rings is 1. The molecule has 0 saturated heterocycles. The van der Waals surface area contributed by atoms with Gasteiger partial charge in [0, 0.05) is 24.1 Å². The second kappa shape index (κ2) is 6.45. The van der Waals surface area contributed by atoms with Crippen LogP contribution in [0.4, 0.5) is 22.0 Å². The number of halogens is 2. The van der Waals surface area contributed by atoms with Crippen molar-refractivity contribution in [1.82, 2.24) is 30.1 Å². The van der Waals surface area contributed by atoms with Crippen molar-refractivity contribution in [3.05, 3.63) is 52.3 Å². The molecule has 0 atom stereocenters. The first-order valence-corrected chi connectivity index (χ1v) is 9.21. The second-order valence-electron chi connectivity index (χ2n) is 6.81. The quantitative estimate of drug-likeness (QED) is 0.407. The zero-order valence-corrected chi connectivity index (χ0v) is 15.4. The number of hydrogen-bond donors (Lipinski definition) is 4. The van der Waals surface area contributed by atoms with Crippen molar-refractivity contribution in [1.29, 1.82) is 0 Å². The molecule has 5 N–H and O–H groups in total. The molecule has 0 spiro atoms. The van der Waals surface area contributed by atoms with Gasteiger partial charge in [0.2, 0.25) is 5.95 Å². The number of anilines is 3. The normalized spacial score (nSPS) is 13.9. The summed E-state index contributed by atoms with van der Waals surface area (Å²) in [5.74, 6) is 0.351. The summed E-state index contributed by atoms with van der Waals surface area (Å²) in [5.41, 5.74) is 9.11. The second-order valence-corrected chi connectivity index (χ2v) is 7.19. The number of fused-ring (bicyclic) bond motifs is 1. The van der Waals surface area contributed by atoms with Crippen LogP contribution in [0.2, 0.25) is 5.02 Å². The van der Waals surface area contributed by atoms with Crippen LogP contribution in [0.1, 0.15) is 35.7 Å². The first kappa shape index (κ1) is 16.9. The summed E-state index contributed by atoms with van der Waals surface area (Å²) in [4.78, 5) is 15.2. The van der Waals surface area contributed by atoms with Gasteiger partial charge in [0.1, 0.15) is 5.52 Å². The average molecular weight is 399 g/mol. The summed E-state index contributed by atoms with van der Waals surface area (Å²) in [6.45, 7) is 0. The number of rotatable bonds is 5. The molecular weight excluding hydrogens is 383 g/mol. The maximum Gasteiger partial charge on any atom is 0.222 e. The van der Waals surface area contributed by atoms with Crippen molar-refractivity contribution < 1.29 is 4.39 Å². The number of aromatic amines is 2. The number of nitrogens with one attached hydrogen (secondary N) is 3. The van der Waals surface area contributed by atoms with Gasteiger partial charge in [-0.2, -0.15) is 10.1 Å². The molecule has 4 aromatic rings. The summed E-state index contributed by atoms with van der Waals surface area (Å²) in [6.07, 6.45) is 4.00. The Kier molecular flexibility index (Phi) is 3.90. The van der Waals surface area contributed by atoms with Crippen molar-refractivity contribution in [3.63, 3.8) is 0 Å². The molecule has 1 fully saturated rings. The number of nitrogen functional groups attached to an aromatic ring is 1. The highest BCUT2D eigenvalue weighted by atomic mass is 35.5. The highest BCUT2D eigenvalue weighted by molar-refractivity contribution is 6.35. The lowest BCUT2D eigenvalue weighted by Gasteiger charge is -2.10. The zero-order valence-electron chi connectivity index (χ0n) is 14.6. The van der Waals surface area contributed by atoms with E-state index in [4.69, 9.17) is 17.3 Å². The predicted molar refractivity (Wildman–Crippen MR) is 104 cm³/mol. The van der Waals surface area contributed by atoms with E-state index in [1.54, 1.807) is 6.33 Å². The highest BCUT2D eigenvalue weighted by Crippen LogP contribution is 2.39. The fourth-order valence-electron chi connectivity index (χ4n) is 3.17. The maximum absolute atomic E-state index is 15.0. The van der Waals surface area contributed by atoms with Crippen LogP contribution in [-0.4, -0.2) is 30.1 Å². The van der Waals surface area contributed by atoms with Crippen LogP contribution >= 0.6 is 11.6 Å². The molecule has 0 aliphatic heterocycles. The summed E-state index contributed by atoms with van der Waals surface area (Å²) in [7, 11) is 0. The van der Waals surface area contributed by atoms with E-state index in [9.17, 15) is 0 Å². The topological polar surface area (TPSA) is 121 Å². The van der Waals surface area contributed by atoms with Gasteiger partial charge in [0.05, 0.1) is 22.6 Å². The Balaban J connectivity index is 1.46. The fraction of sp³-hybridized carbons (Fsp3) is 0.222. The van der Waals surface area contributed by atoms with Gasteiger partial charge in [-0.1, -0.05) is 17.7 Å². The number of hydrogen-bond acceptors (Lipinski definition) is 6. The van der Waals surface area contributed by atoms with Gasteiger partial charge in [0.15, 0.2) is 17.5 Å². The van der Waals surface area contributed by atoms with Crippen LogP contribution in [0.3, 0.4) is 0 Å². The number of H-pyrrole nitrogens is 2. The van der Waals surface area contributed by atoms with E-state index in [2.05, 4.69) is 35.5 Å². The van der Waals surface area contributed by atoms with Crippen molar-refractivity contribution in [2.75, 3.05) is 11.1 Å². The Bertz CT molecular complexity index is 1180. The van der Waals surface area contributed by atoms with Crippen molar-refractivity contribution in [2.45, 2.75) is 25.2 Å². The number of imidazole rings is 1. The van der Waals surface area contributed by atoms with E-state index in [1.165, 1.54) is 0 Å². The minimum absolute atomic E-state index is 0.0201. The van der Waals surface area contributed by atoms with E-state index in [1.807, 2.05) is 18.2 Å². The minimum atomic E-state index is -0.594. The van der Waals surface area contributed by atoms with Gasteiger partial charge in [-0.15, -0.1) is 0 Å². The third-order valence-corrected chi connectivity index (χ3v) is 5.19. The number of aromatic nitrogens is 6. The van der Waals surface area contributed by atoms with Crippen LogP contribution in [-0.2, 0) is 6.42 Å². The Morgan fingerprint density at radius 3 is 2.96 bits per heavy atom. The summed E-state index contributed by atoms with van der Waals surface area (Å²) in [5, 5.41) is 10.5. The van der Waals surface area contributed by atoms with Gasteiger partial charge in [-0.3, -0.25) is 5.10 Å². The molecule has 0 radical (unpaired) electrons. The third-order valence-electron chi connectivity index (χ3n) is 4.77. The Hall–Kier alpha value is -3.20. The van der Waals surface area contributed by atoms with Gasteiger partial charge >= 0.3 is 0 Å². The molecule has 5 rings (SSSR count). The number of nitrogens with zero attached hydrogens (tertiary/aromatic N) is 4. The molecule has 10 heteroatoms.